The summed E-state index contributed by atoms with van der Waals surface area (Å²) in [6, 6.07) is 2.46. The van der Waals surface area contributed by atoms with Gasteiger partial charge in [0.2, 0.25) is 10.0 Å². The first-order chi connectivity index (χ1) is 15.4. The number of nitrogens with one attached hydrogen (secondary N) is 2. The molecule has 2 atom stereocenters. The number of hydrogen-bond acceptors (Lipinski definition) is 6. The molecule has 12 heteroatoms. The van der Waals surface area contributed by atoms with E-state index in [0.29, 0.717) is 49.6 Å². The number of nitrogens with zero attached hydrogens (tertiary/aromatic N) is 4. The highest BCUT2D eigenvalue weighted by Gasteiger charge is 2.28. The van der Waals surface area contributed by atoms with E-state index in [-0.39, 0.29) is 18.0 Å². The summed E-state index contributed by atoms with van der Waals surface area (Å²) in [5.41, 5.74) is 1.38. The molecule has 10 nitrogen and oxygen atoms in total. The van der Waals surface area contributed by atoms with Crippen molar-refractivity contribution in [1.82, 2.24) is 24.2 Å². The predicted molar refractivity (Wildman–Crippen MR) is 132 cm³/mol. The third-order valence-corrected chi connectivity index (χ3v) is 8.93. The second-order valence-electron chi connectivity index (χ2n) is 10.0. The lowest BCUT2D eigenvalue weighted by Crippen LogP contribution is -2.42. The first-order valence-electron chi connectivity index (χ1n) is 11.3. The molecule has 0 bridgehead atoms. The first kappa shape index (κ1) is 25.6. The Hall–Kier alpha value is -2.02. The zero-order chi connectivity index (χ0) is 24.2. The van der Waals surface area contributed by atoms with Crippen molar-refractivity contribution in [1.29, 1.82) is 0 Å². The van der Waals surface area contributed by atoms with E-state index in [1.54, 1.807) is 0 Å². The molecule has 1 fully saturated rings. The number of anilines is 1. The fraction of sp³-hybridized carbons (Fsp3) is 0.667. The van der Waals surface area contributed by atoms with Gasteiger partial charge in [-0.3, -0.25) is 5.32 Å². The Kier molecular flexibility index (Phi) is 8.14. The quantitative estimate of drug-likeness (QED) is 0.428. The van der Waals surface area contributed by atoms with Crippen molar-refractivity contribution in [2.75, 3.05) is 31.3 Å². The standard InChI is InChI=1S/C21H36N6O4SSi/c1-16-6-10-27(32(2,29)30)11-8-17(16)24-21(28)25-19-14-22-20-18(23-19)7-9-26(20)15-31-12-13-33(3,4)5/h7,9,14,16-17H,6,8,10-13,15H2,1-5H3,(H2,23,24,25,28)/t16-,17+/m0/s1. The van der Waals surface area contributed by atoms with Gasteiger partial charge in [0, 0.05) is 40.0 Å². The summed E-state index contributed by atoms with van der Waals surface area (Å²) in [7, 11) is -4.36. The minimum atomic E-state index is -3.23. The normalized spacial score (nSPS) is 20.5. The van der Waals surface area contributed by atoms with Crippen LogP contribution >= 0.6 is 0 Å². The van der Waals surface area contributed by atoms with Crippen LogP contribution in [-0.2, 0) is 21.5 Å². The summed E-state index contributed by atoms with van der Waals surface area (Å²) >= 11 is 0. The van der Waals surface area contributed by atoms with Crippen LogP contribution in [0.5, 0.6) is 0 Å². The van der Waals surface area contributed by atoms with Gasteiger partial charge in [0.15, 0.2) is 11.5 Å². The van der Waals surface area contributed by atoms with Crippen LogP contribution in [0.2, 0.25) is 25.7 Å². The molecule has 1 aliphatic heterocycles. The summed E-state index contributed by atoms with van der Waals surface area (Å²) in [6.45, 7) is 11.0. The van der Waals surface area contributed by atoms with Gasteiger partial charge in [-0.2, -0.15) is 0 Å². The molecular formula is C21H36N6O4SSi. The van der Waals surface area contributed by atoms with Crippen molar-refractivity contribution in [2.45, 2.75) is 58.2 Å². The molecule has 1 aliphatic rings. The lowest BCUT2D eigenvalue weighted by atomic mass is 9.97. The predicted octanol–water partition coefficient (Wildman–Crippen LogP) is 2.93. The number of carbonyl (C=O) groups is 1. The Balaban J connectivity index is 1.55. The SMILES string of the molecule is C[C@H]1CCN(S(C)(=O)=O)CC[C@H]1NC(=O)Nc1cnc2c(ccn2COCC[Si](C)(C)C)n1. The molecule has 2 N–H and O–H groups in total. The Morgan fingerprint density at radius 1 is 1.27 bits per heavy atom. The van der Waals surface area contributed by atoms with Gasteiger partial charge >= 0.3 is 6.03 Å². The van der Waals surface area contributed by atoms with Gasteiger partial charge in [0.1, 0.15) is 12.2 Å². The van der Waals surface area contributed by atoms with E-state index < -0.39 is 18.1 Å². The number of sulfonamides is 1. The molecule has 184 valence electrons. The van der Waals surface area contributed by atoms with Crippen molar-refractivity contribution < 1.29 is 17.9 Å². The highest BCUT2D eigenvalue weighted by molar-refractivity contribution is 7.88. The van der Waals surface area contributed by atoms with Crippen LogP contribution < -0.4 is 10.6 Å². The molecule has 2 aromatic heterocycles. The van der Waals surface area contributed by atoms with E-state index in [0.717, 1.165) is 12.7 Å². The Labute approximate surface area is 197 Å². The number of fused-ring (bicyclic) bond motifs is 1. The number of ether oxygens (including phenoxy) is 1. The maximum atomic E-state index is 12.6. The van der Waals surface area contributed by atoms with Crippen LogP contribution in [0.25, 0.3) is 11.2 Å². The van der Waals surface area contributed by atoms with Crippen molar-refractivity contribution in [3.63, 3.8) is 0 Å². The second kappa shape index (κ2) is 10.5. The zero-order valence-electron chi connectivity index (χ0n) is 20.2. The summed E-state index contributed by atoms with van der Waals surface area (Å²) in [5.74, 6) is 0.516. The average molecular weight is 497 g/mol. The lowest BCUT2D eigenvalue weighted by Gasteiger charge is -2.22. The van der Waals surface area contributed by atoms with Crippen molar-refractivity contribution in [2.24, 2.45) is 5.92 Å². The van der Waals surface area contributed by atoms with Gasteiger partial charge in [-0.05, 0) is 30.9 Å². The summed E-state index contributed by atoms with van der Waals surface area (Å²) in [4.78, 5) is 21.5. The molecule has 1 saturated heterocycles. The maximum absolute atomic E-state index is 12.6. The number of amides is 2. The fourth-order valence-electron chi connectivity index (χ4n) is 3.76. The third kappa shape index (κ3) is 7.49. The van der Waals surface area contributed by atoms with Gasteiger partial charge in [-0.1, -0.05) is 26.6 Å². The molecule has 33 heavy (non-hydrogen) atoms. The van der Waals surface area contributed by atoms with E-state index in [4.69, 9.17) is 4.74 Å². The van der Waals surface area contributed by atoms with Gasteiger partial charge in [0.05, 0.1) is 12.5 Å². The molecule has 3 rings (SSSR count). The molecule has 2 aromatic rings. The number of aromatic nitrogens is 3. The van der Waals surface area contributed by atoms with Gasteiger partial charge < -0.3 is 14.6 Å². The third-order valence-electron chi connectivity index (χ3n) is 5.93. The number of carbonyl (C=O) groups excluding carboxylic acids is 1. The Morgan fingerprint density at radius 2 is 2.00 bits per heavy atom. The number of urea groups is 1. The average Bonchev–Trinajstić information content (AvgIpc) is 3.00. The molecule has 0 aliphatic carbocycles. The summed E-state index contributed by atoms with van der Waals surface area (Å²) in [5, 5.41) is 5.72. The highest BCUT2D eigenvalue weighted by atomic mass is 32.2. The van der Waals surface area contributed by atoms with E-state index in [1.165, 1.54) is 16.8 Å². The topological polar surface area (TPSA) is 118 Å². The van der Waals surface area contributed by atoms with Crippen LogP contribution in [0, 0.1) is 5.92 Å². The fourth-order valence-corrected chi connectivity index (χ4v) is 5.39. The van der Waals surface area contributed by atoms with E-state index in [2.05, 4.69) is 40.2 Å². The molecule has 0 unspecified atom stereocenters. The largest absolute Gasteiger partial charge is 0.361 e. The zero-order valence-corrected chi connectivity index (χ0v) is 22.0. The second-order valence-corrected chi connectivity index (χ2v) is 17.6. The van der Waals surface area contributed by atoms with Crippen LogP contribution in [0.3, 0.4) is 0 Å². The number of rotatable bonds is 8. The van der Waals surface area contributed by atoms with Gasteiger partial charge in [-0.15, -0.1) is 0 Å². The van der Waals surface area contributed by atoms with Crippen LogP contribution in [0.15, 0.2) is 18.5 Å². The summed E-state index contributed by atoms with van der Waals surface area (Å²) in [6.07, 6.45) is 5.89. The van der Waals surface area contributed by atoms with Gasteiger partial charge in [0.25, 0.3) is 0 Å². The molecule has 0 aromatic carbocycles. The van der Waals surface area contributed by atoms with Crippen LogP contribution in [0.4, 0.5) is 10.6 Å². The molecule has 0 spiro atoms. The van der Waals surface area contributed by atoms with E-state index >= 15 is 0 Å². The summed E-state index contributed by atoms with van der Waals surface area (Å²) < 4.78 is 32.9. The minimum absolute atomic E-state index is 0.122. The van der Waals surface area contributed by atoms with E-state index in [1.807, 2.05) is 23.8 Å². The Bertz CT molecular complexity index is 1070. The molecule has 2 amide bonds. The van der Waals surface area contributed by atoms with Crippen molar-refractivity contribution >= 4 is 41.1 Å². The molecule has 3 heterocycles. The molecular weight excluding hydrogens is 460 g/mol. The van der Waals surface area contributed by atoms with Crippen LogP contribution in [0.1, 0.15) is 19.8 Å². The lowest BCUT2D eigenvalue weighted by molar-refractivity contribution is 0.0899. The minimum Gasteiger partial charge on any atom is -0.361 e. The van der Waals surface area contributed by atoms with Crippen molar-refractivity contribution in [3.05, 3.63) is 18.5 Å². The molecule has 0 saturated carbocycles. The Morgan fingerprint density at radius 3 is 2.70 bits per heavy atom. The maximum Gasteiger partial charge on any atom is 0.320 e. The highest BCUT2D eigenvalue weighted by Crippen LogP contribution is 2.20. The number of hydrogen-bond donors (Lipinski definition) is 2. The van der Waals surface area contributed by atoms with Crippen molar-refractivity contribution in [3.8, 4) is 0 Å². The monoisotopic (exact) mass is 496 g/mol. The van der Waals surface area contributed by atoms with E-state index in [9.17, 15) is 13.2 Å². The first-order valence-corrected chi connectivity index (χ1v) is 16.9. The van der Waals surface area contributed by atoms with Gasteiger partial charge in [-0.25, -0.2) is 27.5 Å². The smallest absolute Gasteiger partial charge is 0.320 e. The van der Waals surface area contributed by atoms with Crippen LogP contribution in [-0.4, -0.2) is 73.4 Å². The molecule has 0 radical (unpaired) electrons.